The van der Waals surface area contributed by atoms with Crippen molar-refractivity contribution in [3.8, 4) is 0 Å². The predicted molar refractivity (Wildman–Crippen MR) is 212 cm³/mol. The van der Waals surface area contributed by atoms with Crippen molar-refractivity contribution in [3.05, 3.63) is 0 Å². The zero-order valence-electron chi connectivity index (χ0n) is 34.8. The molecule has 5 rings (SSSR count). The Bertz CT molecular complexity index is 1180. The lowest BCUT2D eigenvalue weighted by molar-refractivity contribution is -0.148. The lowest BCUT2D eigenvalue weighted by atomic mass is 9.96. The number of esters is 1. The smallest absolute Gasteiger partial charge is 0.410 e. The zero-order chi connectivity index (χ0) is 41.2. The summed E-state index contributed by atoms with van der Waals surface area (Å²) < 4.78 is 10.1. The van der Waals surface area contributed by atoms with Crippen LogP contribution in [0.4, 0.5) is 4.79 Å². The summed E-state index contributed by atoms with van der Waals surface area (Å²) in [7, 11) is 1.63. The standard InChI is InChI=1S/C17H29N3O4.C9H16O3.C8H17NO.C7H14O2/c1-16(2,3)24-15(22)19(4)12-13-11-14(21)20(18-13)10-9-17(23)7-5-6-8-17;1-2-12-8(10)7-9(11)5-3-4-6-9;9-7-3-6-8(10)4-1-2-5-8;8-6-5-7(9)3-1-2-4-7/h23H,5-12H2,1-4H3;11H,2-7H2,1H3;10H,1-7,9H2;8-9H,1-6H2. The van der Waals surface area contributed by atoms with Crippen LogP contribution in [-0.2, 0) is 19.1 Å². The first-order chi connectivity index (χ1) is 25.8. The highest BCUT2D eigenvalue weighted by atomic mass is 16.6. The fourth-order valence-electron chi connectivity index (χ4n) is 7.96. The number of ether oxygens (including phenoxy) is 2. The first kappa shape index (κ1) is 48.8. The van der Waals surface area contributed by atoms with Crippen molar-refractivity contribution in [2.75, 3.05) is 39.9 Å². The fourth-order valence-corrected chi connectivity index (χ4v) is 7.96. The van der Waals surface area contributed by atoms with Crippen molar-refractivity contribution < 1.29 is 49.4 Å². The van der Waals surface area contributed by atoms with Gasteiger partial charge in [0.1, 0.15) is 5.60 Å². The molecule has 14 heteroatoms. The molecule has 4 aliphatic carbocycles. The van der Waals surface area contributed by atoms with Crippen LogP contribution in [0.3, 0.4) is 0 Å². The number of aliphatic hydroxyl groups is 5. The van der Waals surface area contributed by atoms with Crippen LogP contribution in [0.25, 0.3) is 0 Å². The molecule has 14 nitrogen and oxygen atoms in total. The van der Waals surface area contributed by atoms with Gasteiger partial charge in [-0.15, -0.1) is 0 Å². The second-order valence-corrected chi connectivity index (χ2v) is 17.5. The Morgan fingerprint density at radius 1 is 0.800 bits per heavy atom. The highest BCUT2D eigenvalue weighted by Crippen LogP contribution is 2.35. The minimum atomic E-state index is -0.758. The van der Waals surface area contributed by atoms with Crippen molar-refractivity contribution >= 4 is 23.7 Å². The van der Waals surface area contributed by atoms with Crippen molar-refractivity contribution in [3.63, 3.8) is 0 Å². The minimum absolute atomic E-state index is 0.0795. The average Bonchev–Trinajstić information content (AvgIpc) is 3.95. The number of nitrogens with two attached hydrogens (primary N) is 1. The summed E-state index contributed by atoms with van der Waals surface area (Å²) >= 11 is 0. The molecule has 0 bridgehead atoms. The third-order valence-corrected chi connectivity index (χ3v) is 11.2. The highest BCUT2D eigenvalue weighted by Gasteiger charge is 2.35. The molecule has 0 aromatic carbocycles. The Labute approximate surface area is 330 Å². The molecule has 1 heterocycles. The van der Waals surface area contributed by atoms with E-state index in [0.29, 0.717) is 38.2 Å². The summed E-state index contributed by atoms with van der Waals surface area (Å²) in [6.45, 7) is 9.13. The Balaban J connectivity index is 0.000000281. The number of amides is 2. The first-order valence-electron chi connectivity index (χ1n) is 20.9. The van der Waals surface area contributed by atoms with Gasteiger partial charge >= 0.3 is 12.1 Å². The molecule has 0 radical (unpaired) electrons. The lowest BCUT2D eigenvalue weighted by Gasteiger charge is -2.24. The first-order valence-corrected chi connectivity index (χ1v) is 20.9. The summed E-state index contributed by atoms with van der Waals surface area (Å²) in [6, 6.07) is 0. The van der Waals surface area contributed by atoms with Crippen molar-refractivity contribution in [2.45, 2.75) is 197 Å². The van der Waals surface area contributed by atoms with E-state index in [1.165, 1.54) is 22.8 Å². The van der Waals surface area contributed by atoms with E-state index in [9.17, 15) is 34.8 Å². The third kappa shape index (κ3) is 19.1. The minimum Gasteiger partial charge on any atom is -0.466 e. The number of hydrogen-bond donors (Lipinski definition) is 6. The molecule has 320 valence electrons. The van der Waals surface area contributed by atoms with Gasteiger partial charge in [0.15, 0.2) is 0 Å². The van der Waals surface area contributed by atoms with Gasteiger partial charge in [0.05, 0.1) is 54.1 Å². The van der Waals surface area contributed by atoms with Crippen LogP contribution < -0.4 is 5.73 Å². The van der Waals surface area contributed by atoms with Gasteiger partial charge in [-0.2, -0.15) is 5.10 Å². The van der Waals surface area contributed by atoms with Gasteiger partial charge in [0.2, 0.25) is 5.91 Å². The molecule has 4 saturated carbocycles. The molecule has 1 aliphatic heterocycles. The Kier molecular flexibility index (Phi) is 20.5. The second kappa shape index (κ2) is 23.1. The summed E-state index contributed by atoms with van der Waals surface area (Å²) in [4.78, 5) is 36.5. The number of carbonyl (C=O) groups is 3. The molecule has 0 saturated heterocycles. The number of aliphatic hydroxyl groups excluding tert-OH is 1. The third-order valence-electron chi connectivity index (χ3n) is 11.2. The molecule has 0 aromatic heterocycles. The number of hydrogen-bond acceptors (Lipinski definition) is 12. The van der Waals surface area contributed by atoms with Crippen LogP contribution in [-0.4, -0.2) is 127 Å². The summed E-state index contributed by atoms with van der Waals surface area (Å²) in [5.41, 5.74) is 3.20. The van der Waals surface area contributed by atoms with Crippen molar-refractivity contribution in [2.24, 2.45) is 10.8 Å². The van der Waals surface area contributed by atoms with E-state index < -0.39 is 28.5 Å². The van der Waals surface area contributed by atoms with Gasteiger partial charge in [-0.1, -0.05) is 51.4 Å². The molecular weight excluding hydrogens is 708 g/mol. The maximum absolute atomic E-state index is 12.1. The molecule has 4 fully saturated rings. The quantitative estimate of drug-likeness (QED) is 0.135. The SMILES string of the molecule is CCOC(=O)CC1(O)CCCC1.CN(CC1=NN(CCC2(O)CCCC2)C(=O)C1)C(=O)OC(C)(C)C.NCCCC1(O)CCCC1.OCCC1(O)CCCC1. The maximum Gasteiger partial charge on any atom is 0.410 e. The molecule has 0 spiro atoms. The van der Waals surface area contributed by atoms with E-state index in [-0.39, 0.29) is 43.5 Å². The topological polar surface area (TPSA) is 216 Å². The predicted octanol–water partition coefficient (Wildman–Crippen LogP) is 5.09. The van der Waals surface area contributed by atoms with E-state index >= 15 is 0 Å². The van der Waals surface area contributed by atoms with Crippen LogP contribution >= 0.6 is 0 Å². The molecule has 55 heavy (non-hydrogen) atoms. The van der Waals surface area contributed by atoms with Crippen LogP contribution in [0.15, 0.2) is 5.10 Å². The van der Waals surface area contributed by atoms with Crippen LogP contribution in [0, 0.1) is 0 Å². The molecule has 7 N–H and O–H groups in total. The Morgan fingerprint density at radius 2 is 1.25 bits per heavy atom. The van der Waals surface area contributed by atoms with E-state index in [1.54, 1.807) is 14.0 Å². The van der Waals surface area contributed by atoms with Gasteiger partial charge in [0, 0.05) is 20.2 Å². The van der Waals surface area contributed by atoms with Gasteiger partial charge in [0.25, 0.3) is 0 Å². The van der Waals surface area contributed by atoms with E-state index in [0.717, 1.165) is 103 Å². The fraction of sp³-hybridized carbons (Fsp3) is 0.902. The maximum atomic E-state index is 12.1. The summed E-state index contributed by atoms with van der Waals surface area (Å²) in [6.07, 6.45) is 18.5. The van der Waals surface area contributed by atoms with Gasteiger partial charge < -0.3 is 45.6 Å². The van der Waals surface area contributed by atoms with Gasteiger partial charge in [-0.3, -0.25) is 9.59 Å². The number of rotatable bonds is 13. The monoisotopic (exact) mass is 785 g/mol. The number of carbonyl (C=O) groups excluding carboxylic acids is 3. The molecule has 2 amide bonds. The van der Waals surface area contributed by atoms with E-state index in [2.05, 4.69) is 5.10 Å². The van der Waals surface area contributed by atoms with Gasteiger partial charge in [-0.25, -0.2) is 9.80 Å². The molecule has 0 atom stereocenters. The zero-order valence-corrected chi connectivity index (χ0v) is 34.8. The van der Waals surface area contributed by atoms with Crippen molar-refractivity contribution in [1.82, 2.24) is 9.91 Å². The van der Waals surface area contributed by atoms with Crippen LogP contribution in [0.2, 0.25) is 0 Å². The Hall–Kier alpha value is -2.36. The highest BCUT2D eigenvalue weighted by molar-refractivity contribution is 6.06. The normalized spacial score (nSPS) is 21.7. The Morgan fingerprint density at radius 3 is 1.69 bits per heavy atom. The molecule has 0 unspecified atom stereocenters. The molecule has 0 aromatic rings. The van der Waals surface area contributed by atoms with Crippen molar-refractivity contribution in [1.29, 1.82) is 0 Å². The number of hydrazone groups is 1. The molecular formula is C41H76N4O10. The lowest BCUT2D eigenvalue weighted by Crippen LogP contribution is -2.37. The second-order valence-electron chi connectivity index (χ2n) is 17.5. The van der Waals surface area contributed by atoms with Crippen LogP contribution in [0.5, 0.6) is 0 Å². The van der Waals surface area contributed by atoms with Crippen LogP contribution in [0.1, 0.15) is 169 Å². The number of nitrogens with zero attached hydrogens (tertiary/aromatic N) is 3. The van der Waals surface area contributed by atoms with E-state index in [4.69, 9.17) is 20.3 Å². The largest absolute Gasteiger partial charge is 0.466 e. The van der Waals surface area contributed by atoms with E-state index in [1.807, 2.05) is 20.8 Å². The van der Waals surface area contributed by atoms with Gasteiger partial charge in [-0.05, 0) is 111 Å². The summed E-state index contributed by atoms with van der Waals surface area (Å²) in [5, 5.41) is 53.7. The summed E-state index contributed by atoms with van der Waals surface area (Å²) in [5.74, 6) is -0.355. The molecule has 5 aliphatic rings. The average molecular weight is 785 g/mol.